The third-order valence-electron chi connectivity index (χ3n) is 2.60. The summed E-state index contributed by atoms with van der Waals surface area (Å²) in [4.78, 5) is 10.6. The molecule has 1 aromatic heterocycles. The summed E-state index contributed by atoms with van der Waals surface area (Å²) in [6, 6.07) is 7.40. The second-order valence-electron chi connectivity index (χ2n) is 3.74. The molecule has 1 aromatic carbocycles. The molecule has 0 radical (unpaired) electrons. The van der Waals surface area contributed by atoms with Crippen LogP contribution in [0.3, 0.4) is 0 Å². The number of fused-ring (bicyclic) bond motifs is 1. The van der Waals surface area contributed by atoms with Gasteiger partial charge in [-0.25, -0.2) is 0 Å². The zero-order chi connectivity index (χ0) is 11.5. The second-order valence-corrected chi connectivity index (χ2v) is 4.66. The molecule has 0 saturated carbocycles. The first kappa shape index (κ1) is 11.1. The van der Waals surface area contributed by atoms with Crippen LogP contribution in [-0.4, -0.2) is 17.1 Å². The van der Waals surface area contributed by atoms with E-state index in [-0.39, 0.29) is 0 Å². The quantitative estimate of drug-likeness (QED) is 0.854. The van der Waals surface area contributed by atoms with Crippen LogP contribution in [0.15, 0.2) is 29.6 Å². The van der Waals surface area contributed by atoms with E-state index >= 15 is 0 Å². The molecule has 84 valence electrons. The predicted octanol–water partition coefficient (Wildman–Crippen LogP) is 2.25. The summed E-state index contributed by atoms with van der Waals surface area (Å²) < 4.78 is 1.24. The highest BCUT2D eigenvalue weighted by atomic mass is 32.1. The highest BCUT2D eigenvalue weighted by Crippen LogP contribution is 2.25. The zero-order valence-electron chi connectivity index (χ0n) is 8.72. The van der Waals surface area contributed by atoms with Gasteiger partial charge in [-0.05, 0) is 35.2 Å². The second kappa shape index (κ2) is 4.63. The minimum atomic E-state index is -0.932. The summed E-state index contributed by atoms with van der Waals surface area (Å²) >= 11 is 1.69. The fraction of sp³-hybridized carbons (Fsp3) is 0.250. The first-order valence-corrected chi connectivity index (χ1v) is 6.00. The topological polar surface area (TPSA) is 63.3 Å². The van der Waals surface area contributed by atoms with Crippen molar-refractivity contribution in [3.8, 4) is 0 Å². The molecule has 1 heterocycles. The Labute approximate surface area is 97.5 Å². The molecule has 3 nitrogen and oxygen atoms in total. The average molecular weight is 235 g/mol. The molecule has 0 bridgehead atoms. The monoisotopic (exact) mass is 235 g/mol. The fourth-order valence-corrected chi connectivity index (χ4v) is 2.63. The van der Waals surface area contributed by atoms with E-state index in [9.17, 15) is 4.79 Å². The number of rotatable bonds is 4. The van der Waals surface area contributed by atoms with Crippen molar-refractivity contribution in [2.45, 2.75) is 18.9 Å². The predicted molar refractivity (Wildman–Crippen MR) is 65.8 cm³/mol. The van der Waals surface area contributed by atoms with Crippen molar-refractivity contribution in [1.82, 2.24) is 0 Å². The molecular formula is C12H13NO2S. The van der Waals surface area contributed by atoms with Crippen LogP contribution in [0.4, 0.5) is 0 Å². The highest BCUT2D eigenvalue weighted by Gasteiger charge is 2.12. The first-order chi connectivity index (χ1) is 7.68. The van der Waals surface area contributed by atoms with E-state index in [1.54, 1.807) is 11.3 Å². The molecule has 16 heavy (non-hydrogen) atoms. The average Bonchev–Trinajstić information content (AvgIpc) is 2.73. The highest BCUT2D eigenvalue weighted by molar-refractivity contribution is 7.17. The van der Waals surface area contributed by atoms with Crippen molar-refractivity contribution >= 4 is 27.4 Å². The van der Waals surface area contributed by atoms with Gasteiger partial charge in [-0.15, -0.1) is 11.3 Å². The molecule has 1 unspecified atom stereocenters. The van der Waals surface area contributed by atoms with Gasteiger partial charge in [0.2, 0.25) is 0 Å². The zero-order valence-corrected chi connectivity index (χ0v) is 9.54. The van der Waals surface area contributed by atoms with Crippen LogP contribution >= 0.6 is 11.3 Å². The van der Waals surface area contributed by atoms with Gasteiger partial charge in [0, 0.05) is 4.70 Å². The molecule has 1 atom stereocenters. The van der Waals surface area contributed by atoms with Crippen LogP contribution < -0.4 is 5.73 Å². The van der Waals surface area contributed by atoms with Gasteiger partial charge in [0.15, 0.2) is 0 Å². The third kappa shape index (κ3) is 2.23. The SMILES string of the molecule is NC(CCc1cccc2ccsc12)C(=O)O. The van der Waals surface area contributed by atoms with Crippen molar-refractivity contribution in [1.29, 1.82) is 0 Å². The lowest BCUT2D eigenvalue weighted by Gasteiger charge is -2.06. The number of benzene rings is 1. The van der Waals surface area contributed by atoms with E-state index in [1.165, 1.54) is 15.6 Å². The molecular weight excluding hydrogens is 222 g/mol. The number of hydrogen-bond acceptors (Lipinski definition) is 3. The first-order valence-electron chi connectivity index (χ1n) is 5.12. The Balaban J connectivity index is 2.15. The number of carboxylic acids is 1. The van der Waals surface area contributed by atoms with Crippen LogP contribution in [0.5, 0.6) is 0 Å². The van der Waals surface area contributed by atoms with Crippen molar-refractivity contribution < 1.29 is 9.90 Å². The molecule has 0 spiro atoms. The minimum Gasteiger partial charge on any atom is -0.480 e. The maximum Gasteiger partial charge on any atom is 0.320 e. The lowest BCUT2D eigenvalue weighted by molar-refractivity contribution is -0.138. The number of carboxylic acid groups (broad SMARTS) is 1. The number of nitrogens with two attached hydrogens (primary N) is 1. The third-order valence-corrected chi connectivity index (χ3v) is 3.61. The molecule has 0 amide bonds. The Kier molecular flexibility index (Phi) is 3.22. The van der Waals surface area contributed by atoms with Gasteiger partial charge in [0.25, 0.3) is 0 Å². The normalized spacial score (nSPS) is 12.8. The van der Waals surface area contributed by atoms with E-state index in [0.29, 0.717) is 12.8 Å². The van der Waals surface area contributed by atoms with Crippen molar-refractivity contribution in [2.24, 2.45) is 5.73 Å². The number of hydrogen-bond donors (Lipinski definition) is 2. The fourth-order valence-electron chi connectivity index (χ4n) is 1.69. The Morgan fingerprint density at radius 3 is 3.00 bits per heavy atom. The van der Waals surface area contributed by atoms with Gasteiger partial charge in [-0.3, -0.25) is 4.79 Å². The van der Waals surface area contributed by atoms with E-state index < -0.39 is 12.0 Å². The van der Waals surface area contributed by atoms with E-state index in [1.807, 2.05) is 17.5 Å². The van der Waals surface area contributed by atoms with Gasteiger partial charge in [-0.2, -0.15) is 0 Å². The van der Waals surface area contributed by atoms with Crippen LogP contribution in [0.1, 0.15) is 12.0 Å². The van der Waals surface area contributed by atoms with Gasteiger partial charge in [0.1, 0.15) is 6.04 Å². The van der Waals surface area contributed by atoms with Gasteiger partial charge in [-0.1, -0.05) is 18.2 Å². The van der Waals surface area contributed by atoms with Crippen molar-refractivity contribution in [2.75, 3.05) is 0 Å². The van der Waals surface area contributed by atoms with Gasteiger partial charge >= 0.3 is 5.97 Å². The summed E-state index contributed by atoms with van der Waals surface area (Å²) in [5, 5.41) is 12.0. The molecule has 0 aliphatic heterocycles. The molecule has 2 rings (SSSR count). The maximum atomic E-state index is 10.6. The molecule has 2 aromatic rings. The van der Waals surface area contributed by atoms with Crippen LogP contribution in [0.25, 0.3) is 10.1 Å². The molecule has 0 fully saturated rings. The number of aryl methyl sites for hydroxylation is 1. The summed E-state index contributed by atoms with van der Waals surface area (Å²) in [5.74, 6) is -0.932. The molecule has 3 N–H and O–H groups in total. The summed E-state index contributed by atoms with van der Waals surface area (Å²) in [7, 11) is 0. The largest absolute Gasteiger partial charge is 0.480 e. The number of carbonyl (C=O) groups is 1. The minimum absolute atomic E-state index is 0.479. The van der Waals surface area contributed by atoms with Gasteiger partial charge in [0.05, 0.1) is 0 Å². The number of aliphatic carboxylic acids is 1. The smallest absolute Gasteiger partial charge is 0.320 e. The Hall–Kier alpha value is -1.39. The van der Waals surface area contributed by atoms with Crippen LogP contribution in [0, 0.1) is 0 Å². The lowest BCUT2D eigenvalue weighted by atomic mass is 10.0. The van der Waals surface area contributed by atoms with Crippen LogP contribution in [0.2, 0.25) is 0 Å². The van der Waals surface area contributed by atoms with E-state index in [4.69, 9.17) is 10.8 Å². The standard InChI is InChI=1S/C12H13NO2S/c13-10(12(14)15)5-4-8-2-1-3-9-6-7-16-11(8)9/h1-3,6-7,10H,4-5,13H2,(H,14,15). The summed E-state index contributed by atoms with van der Waals surface area (Å²) in [6.07, 6.45) is 1.19. The Bertz CT molecular complexity index is 506. The van der Waals surface area contributed by atoms with Crippen LogP contribution in [-0.2, 0) is 11.2 Å². The molecule has 0 aliphatic rings. The van der Waals surface area contributed by atoms with E-state index in [2.05, 4.69) is 12.1 Å². The van der Waals surface area contributed by atoms with Crippen molar-refractivity contribution in [3.05, 3.63) is 35.2 Å². The maximum absolute atomic E-state index is 10.6. The Morgan fingerprint density at radius 2 is 2.25 bits per heavy atom. The Morgan fingerprint density at radius 1 is 1.44 bits per heavy atom. The molecule has 0 aliphatic carbocycles. The lowest BCUT2D eigenvalue weighted by Crippen LogP contribution is -2.30. The van der Waals surface area contributed by atoms with E-state index in [0.717, 1.165) is 0 Å². The summed E-state index contributed by atoms with van der Waals surface area (Å²) in [6.45, 7) is 0. The molecule has 4 heteroatoms. The number of thiophene rings is 1. The van der Waals surface area contributed by atoms with Gasteiger partial charge < -0.3 is 10.8 Å². The molecule has 0 saturated heterocycles. The van der Waals surface area contributed by atoms with Crippen molar-refractivity contribution in [3.63, 3.8) is 0 Å². The summed E-state index contributed by atoms with van der Waals surface area (Å²) in [5.41, 5.74) is 6.67.